The zero-order valence-electron chi connectivity index (χ0n) is 29.0. The van der Waals surface area contributed by atoms with Crippen LogP contribution < -0.4 is 5.32 Å². The first-order valence-electron chi connectivity index (χ1n) is 17.8. The number of benzene rings is 4. The van der Waals surface area contributed by atoms with E-state index in [1.807, 2.05) is 36.4 Å². The lowest BCUT2D eigenvalue weighted by Crippen LogP contribution is -2.48. The van der Waals surface area contributed by atoms with E-state index >= 15 is 0 Å². The Morgan fingerprint density at radius 1 is 0.827 bits per heavy atom. The molecule has 0 bridgehead atoms. The predicted octanol–water partition coefficient (Wildman–Crippen LogP) is 9.70. The molecule has 2 N–H and O–H groups in total. The van der Waals surface area contributed by atoms with Crippen LogP contribution in [0.3, 0.4) is 0 Å². The fourth-order valence-electron chi connectivity index (χ4n) is 8.56. The first-order valence-corrected chi connectivity index (χ1v) is 17.8. The molecule has 0 radical (unpaired) electrons. The fraction of sp³-hybridized carbons (Fsp3) is 0.109. The van der Waals surface area contributed by atoms with Gasteiger partial charge in [-0.1, -0.05) is 85.8 Å². The van der Waals surface area contributed by atoms with Crippen LogP contribution in [-0.4, -0.2) is 37.8 Å². The van der Waals surface area contributed by atoms with Crippen LogP contribution in [0.15, 0.2) is 146 Å². The Balaban J connectivity index is 1.14. The van der Waals surface area contributed by atoms with Gasteiger partial charge in [-0.15, -0.1) is 0 Å². The maximum Gasteiger partial charge on any atom is 0.204 e. The van der Waals surface area contributed by atoms with Crippen molar-refractivity contribution in [3.63, 3.8) is 0 Å². The van der Waals surface area contributed by atoms with Crippen LogP contribution in [0.5, 0.6) is 0 Å². The molecule has 4 heterocycles. The summed E-state index contributed by atoms with van der Waals surface area (Å²) in [4.78, 5) is 2.02. The highest BCUT2D eigenvalue weighted by atomic mass is 15.4. The smallest absolute Gasteiger partial charge is 0.204 e. The van der Waals surface area contributed by atoms with Crippen LogP contribution in [0.1, 0.15) is 29.7 Å². The van der Waals surface area contributed by atoms with Gasteiger partial charge in [-0.2, -0.15) is 0 Å². The standard InChI is InChI=1S/C46H36N6/c1-30-28-42-37(25-27-50(42)32-16-7-4-8-17-32)44-43(30)36-19-10-12-22-40(36)51(44)33-23-24-41-38(29-33)35-18-9-11-21-39(35)52(41)46(47)49(2)45-34(20-13-26-48-45)31-14-5-3-6-15-31/h3-11,13-21,23-27,29-30,45,47-48H,28H2,1-2H3. The highest BCUT2D eigenvalue weighted by Gasteiger charge is 2.32. The molecule has 0 fully saturated rings. The third kappa shape index (κ3) is 4.42. The van der Waals surface area contributed by atoms with E-state index in [-0.39, 0.29) is 6.17 Å². The zero-order chi connectivity index (χ0) is 34.9. The minimum atomic E-state index is -0.209. The lowest BCUT2D eigenvalue weighted by molar-refractivity contribution is 0.391. The topological polar surface area (TPSA) is 53.9 Å². The number of hydrogen-bond acceptors (Lipinski definition) is 2. The molecule has 6 nitrogen and oxygen atoms in total. The maximum atomic E-state index is 9.69. The number of likely N-dealkylation sites (N-methyl/N-ethyl adjacent to an activating group) is 1. The fourth-order valence-corrected chi connectivity index (χ4v) is 8.56. The Morgan fingerprint density at radius 3 is 2.44 bits per heavy atom. The van der Waals surface area contributed by atoms with Gasteiger partial charge in [0.15, 0.2) is 0 Å². The molecule has 0 saturated carbocycles. The van der Waals surface area contributed by atoms with Gasteiger partial charge in [0, 0.05) is 57.6 Å². The summed E-state index contributed by atoms with van der Waals surface area (Å²) in [5, 5.41) is 16.6. The minimum Gasteiger partial charge on any atom is -0.367 e. The van der Waals surface area contributed by atoms with E-state index in [4.69, 9.17) is 0 Å². The van der Waals surface area contributed by atoms with Gasteiger partial charge in [-0.05, 0) is 96.4 Å². The van der Waals surface area contributed by atoms with E-state index < -0.39 is 0 Å². The summed E-state index contributed by atoms with van der Waals surface area (Å²) in [5.41, 5.74) is 12.7. The molecule has 5 aromatic carbocycles. The second-order valence-corrected chi connectivity index (χ2v) is 13.9. The van der Waals surface area contributed by atoms with Gasteiger partial charge < -0.3 is 19.4 Å². The van der Waals surface area contributed by atoms with Gasteiger partial charge in [-0.25, -0.2) is 0 Å². The Bertz CT molecular complexity index is 2740. The molecule has 8 aromatic rings. The number of rotatable bonds is 4. The highest BCUT2D eigenvalue weighted by Crippen LogP contribution is 2.47. The molecule has 1 aliphatic heterocycles. The number of hydrogen-bond donors (Lipinski definition) is 2. The van der Waals surface area contributed by atoms with Crippen molar-refractivity contribution < 1.29 is 0 Å². The second-order valence-electron chi connectivity index (χ2n) is 13.9. The van der Waals surface area contributed by atoms with Crippen molar-refractivity contribution in [1.82, 2.24) is 23.9 Å². The molecule has 0 spiro atoms. The van der Waals surface area contributed by atoms with E-state index in [1.165, 1.54) is 33.6 Å². The van der Waals surface area contributed by atoms with Gasteiger partial charge in [0.05, 0.1) is 16.7 Å². The number of fused-ring (bicyclic) bond motifs is 8. The number of aromatic nitrogens is 3. The Hall–Kier alpha value is -6.71. The largest absolute Gasteiger partial charge is 0.367 e. The summed E-state index contributed by atoms with van der Waals surface area (Å²) in [6, 6.07) is 49.4. The summed E-state index contributed by atoms with van der Waals surface area (Å²) >= 11 is 0. The molecule has 3 aromatic heterocycles. The highest BCUT2D eigenvalue weighted by molar-refractivity contribution is 6.14. The Kier molecular flexibility index (Phi) is 6.77. The molecular formula is C46H36N6. The molecule has 250 valence electrons. The first kappa shape index (κ1) is 30.1. The van der Waals surface area contributed by atoms with Gasteiger partial charge in [0.25, 0.3) is 0 Å². The van der Waals surface area contributed by atoms with Crippen molar-refractivity contribution in [2.75, 3.05) is 7.05 Å². The predicted molar refractivity (Wildman–Crippen MR) is 212 cm³/mol. The van der Waals surface area contributed by atoms with Crippen molar-refractivity contribution in [2.24, 2.45) is 0 Å². The third-order valence-electron chi connectivity index (χ3n) is 10.9. The lowest BCUT2D eigenvalue weighted by Gasteiger charge is -2.34. The Labute approximate surface area is 302 Å². The summed E-state index contributed by atoms with van der Waals surface area (Å²) in [6.45, 7) is 2.35. The summed E-state index contributed by atoms with van der Waals surface area (Å²) in [7, 11) is 2.00. The molecule has 1 aliphatic carbocycles. The minimum absolute atomic E-state index is 0.209. The average molecular weight is 673 g/mol. The SMILES string of the molecule is CC1Cc2c(ccn2-c2ccccc2)-c2c1c1ccc#cc1n2-c1ccc2c(c1)c1ccccc1n2C(=N)N(C)C1NC=CC=C1c1ccccc1. The van der Waals surface area contributed by atoms with Gasteiger partial charge >= 0.3 is 0 Å². The molecule has 2 atom stereocenters. The van der Waals surface area contributed by atoms with Crippen LogP contribution in [-0.2, 0) is 6.42 Å². The van der Waals surface area contributed by atoms with Crippen LogP contribution in [0.25, 0.3) is 60.9 Å². The first-order chi connectivity index (χ1) is 25.6. The molecular weight excluding hydrogens is 637 g/mol. The van der Waals surface area contributed by atoms with Gasteiger partial charge in [-0.3, -0.25) is 9.98 Å². The van der Waals surface area contributed by atoms with E-state index in [9.17, 15) is 5.41 Å². The quantitative estimate of drug-likeness (QED) is 0.145. The monoisotopic (exact) mass is 672 g/mol. The Morgan fingerprint density at radius 2 is 1.60 bits per heavy atom. The molecule has 2 unspecified atom stereocenters. The summed E-state index contributed by atoms with van der Waals surface area (Å²) in [5.74, 6) is 0.708. The molecule has 52 heavy (non-hydrogen) atoms. The normalized spacial score (nSPS) is 16.3. The van der Waals surface area contributed by atoms with Gasteiger partial charge in [0.1, 0.15) is 11.7 Å². The maximum absolute atomic E-state index is 9.69. The molecule has 2 aliphatic rings. The van der Waals surface area contributed by atoms with E-state index in [1.54, 1.807) is 0 Å². The number of para-hydroxylation sites is 2. The average Bonchev–Trinajstić information content (AvgIpc) is 3.88. The molecule has 0 saturated heterocycles. The molecule has 6 heteroatoms. The summed E-state index contributed by atoms with van der Waals surface area (Å²) in [6.07, 6.45) is 9.08. The summed E-state index contributed by atoms with van der Waals surface area (Å²) < 4.78 is 6.82. The van der Waals surface area contributed by atoms with E-state index in [0.29, 0.717) is 11.9 Å². The van der Waals surface area contributed by atoms with Crippen molar-refractivity contribution in [2.45, 2.75) is 25.4 Å². The van der Waals surface area contributed by atoms with Crippen molar-refractivity contribution in [1.29, 1.82) is 5.41 Å². The van der Waals surface area contributed by atoms with Crippen LogP contribution in [0, 0.1) is 17.5 Å². The van der Waals surface area contributed by atoms with Crippen LogP contribution in [0.4, 0.5) is 0 Å². The lowest BCUT2D eigenvalue weighted by atomic mass is 9.85. The van der Waals surface area contributed by atoms with Crippen LogP contribution in [0.2, 0.25) is 0 Å². The van der Waals surface area contributed by atoms with E-state index in [2.05, 4.69) is 160 Å². The van der Waals surface area contributed by atoms with Crippen molar-refractivity contribution in [3.8, 4) is 22.6 Å². The van der Waals surface area contributed by atoms with Gasteiger partial charge in [0.2, 0.25) is 5.96 Å². The van der Waals surface area contributed by atoms with Crippen LogP contribution >= 0.6 is 0 Å². The van der Waals surface area contributed by atoms with Crippen molar-refractivity contribution in [3.05, 3.63) is 175 Å². The van der Waals surface area contributed by atoms with E-state index in [0.717, 1.165) is 50.6 Å². The number of allylic oxidation sites excluding steroid dienone is 2. The van der Waals surface area contributed by atoms with Crippen molar-refractivity contribution >= 4 is 44.2 Å². The third-order valence-corrected chi connectivity index (χ3v) is 10.9. The number of dihydropyridines is 1. The zero-order valence-corrected chi connectivity index (χ0v) is 29.0. The molecule has 0 amide bonds. The molecule has 10 rings (SSSR count). The number of nitrogens with zero attached hydrogens (tertiary/aromatic N) is 4. The second kappa shape index (κ2) is 11.7. The number of nitrogens with one attached hydrogen (secondary N) is 2.